The summed E-state index contributed by atoms with van der Waals surface area (Å²) in [5.41, 5.74) is 7.76. The van der Waals surface area contributed by atoms with Crippen LogP contribution in [-0.2, 0) is 22.7 Å². The fraction of sp³-hybridized carbons (Fsp3) is 0.412. The molecule has 4 N–H and O–H groups in total. The first-order valence-corrected chi connectivity index (χ1v) is 8.16. The highest BCUT2D eigenvalue weighted by Crippen LogP contribution is 2.09. The maximum atomic E-state index is 11.9. The minimum atomic E-state index is -0.615. The van der Waals surface area contributed by atoms with Gasteiger partial charge in [-0.25, -0.2) is 9.67 Å². The predicted octanol–water partition coefficient (Wildman–Crippen LogP) is 0.886. The molecule has 0 saturated heterocycles. The summed E-state index contributed by atoms with van der Waals surface area (Å²) in [6, 6.07) is 7.16. The van der Waals surface area contributed by atoms with Crippen LogP contribution in [0.1, 0.15) is 25.0 Å². The van der Waals surface area contributed by atoms with Crippen LogP contribution in [0.4, 0.5) is 0 Å². The molecule has 2 aromatic rings. The zero-order chi connectivity index (χ0) is 18.2. The quantitative estimate of drug-likeness (QED) is 0.590. The first kappa shape index (κ1) is 24.8. The van der Waals surface area contributed by atoms with Crippen molar-refractivity contribution in [1.82, 2.24) is 25.4 Å². The van der Waals surface area contributed by atoms with Crippen molar-refractivity contribution in [2.24, 2.45) is 11.7 Å². The summed E-state index contributed by atoms with van der Waals surface area (Å²) in [6.07, 6.45) is 3.12. The number of carbonyl (C=O) groups excluding carboxylic acids is 2. The summed E-state index contributed by atoms with van der Waals surface area (Å²) in [6.45, 7) is 4.57. The van der Waals surface area contributed by atoms with E-state index in [-0.39, 0.29) is 49.1 Å². The molecule has 1 aromatic heterocycles. The Labute approximate surface area is 171 Å². The summed E-state index contributed by atoms with van der Waals surface area (Å²) in [4.78, 5) is 27.6. The summed E-state index contributed by atoms with van der Waals surface area (Å²) in [5.74, 6) is -0.566. The minimum absolute atomic E-state index is 0. The molecule has 0 fully saturated rings. The zero-order valence-electron chi connectivity index (χ0n) is 15.3. The molecule has 1 heterocycles. The lowest BCUT2D eigenvalue weighted by Gasteiger charge is -2.15. The number of rotatable bonds is 8. The highest BCUT2D eigenvalue weighted by Gasteiger charge is 2.17. The first-order valence-electron chi connectivity index (χ1n) is 8.16. The number of carbonyl (C=O) groups is 2. The van der Waals surface area contributed by atoms with Gasteiger partial charge in [0.1, 0.15) is 12.7 Å². The molecular weight excluding hydrogens is 391 g/mol. The molecule has 2 rings (SSSR count). The van der Waals surface area contributed by atoms with Gasteiger partial charge in [0, 0.05) is 6.54 Å². The average Bonchev–Trinajstić information content (AvgIpc) is 3.11. The van der Waals surface area contributed by atoms with E-state index in [0.29, 0.717) is 13.1 Å². The number of nitrogens with zero attached hydrogens (tertiary/aromatic N) is 3. The highest BCUT2D eigenvalue weighted by molar-refractivity contribution is 5.87. The maximum absolute atomic E-state index is 11.9. The summed E-state index contributed by atoms with van der Waals surface area (Å²) < 4.78 is 1.72. The standard InChI is InChI=1S/C17H24N6O2.2ClH/c1-12(2)16(18)17(25)21-8-15(24)20-7-13-5-3-4-6-14(13)9-23-11-19-10-22-23;;/h3-6,10-12,16H,7-9,18H2,1-2H3,(H,20,24)(H,21,25);2*1H/t16-;;/m0../s1. The van der Waals surface area contributed by atoms with Crippen LogP contribution in [0.3, 0.4) is 0 Å². The SMILES string of the molecule is CC(C)[C@H](N)C(=O)NCC(=O)NCc1ccccc1Cn1cncn1.Cl.Cl. The Bertz CT molecular complexity index is 709. The van der Waals surface area contributed by atoms with Crippen molar-refractivity contribution in [2.75, 3.05) is 6.54 Å². The molecular formula is C17H26Cl2N6O2. The first-order chi connectivity index (χ1) is 12.0. The molecule has 1 aromatic carbocycles. The second-order valence-corrected chi connectivity index (χ2v) is 6.13. The Balaban J connectivity index is 0.00000338. The third-order valence-corrected chi connectivity index (χ3v) is 3.84. The summed E-state index contributed by atoms with van der Waals surface area (Å²) >= 11 is 0. The molecule has 10 heteroatoms. The van der Waals surface area contributed by atoms with Gasteiger partial charge < -0.3 is 16.4 Å². The normalized spacial score (nSPS) is 11.1. The molecule has 1 atom stereocenters. The zero-order valence-corrected chi connectivity index (χ0v) is 16.9. The molecule has 0 unspecified atom stereocenters. The van der Waals surface area contributed by atoms with Gasteiger partial charge in [0.05, 0.1) is 19.1 Å². The number of halogens is 2. The third-order valence-electron chi connectivity index (χ3n) is 3.84. The number of nitrogens with one attached hydrogen (secondary N) is 2. The number of aromatic nitrogens is 3. The molecule has 0 aliphatic carbocycles. The number of hydrogen-bond acceptors (Lipinski definition) is 5. The van der Waals surface area contributed by atoms with Crippen molar-refractivity contribution in [2.45, 2.75) is 33.0 Å². The number of hydrogen-bond donors (Lipinski definition) is 3. The molecule has 0 aliphatic rings. The average molecular weight is 417 g/mol. The van der Waals surface area contributed by atoms with E-state index < -0.39 is 6.04 Å². The molecule has 0 radical (unpaired) electrons. The van der Waals surface area contributed by atoms with Gasteiger partial charge in [-0.15, -0.1) is 24.8 Å². The monoisotopic (exact) mass is 416 g/mol. The van der Waals surface area contributed by atoms with Gasteiger partial charge in [-0.05, 0) is 17.0 Å². The molecule has 2 amide bonds. The molecule has 150 valence electrons. The smallest absolute Gasteiger partial charge is 0.239 e. The fourth-order valence-electron chi connectivity index (χ4n) is 2.22. The van der Waals surface area contributed by atoms with Crippen molar-refractivity contribution in [3.63, 3.8) is 0 Å². The van der Waals surface area contributed by atoms with Gasteiger partial charge in [0.2, 0.25) is 11.8 Å². The molecule has 8 nitrogen and oxygen atoms in total. The van der Waals surface area contributed by atoms with E-state index in [1.54, 1.807) is 11.0 Å². The largest absolute Gasteiger partial charge is 0.350 e. The van der Waals surface area contributed by atoms with Gasteiger partial charge in [0.25, 0.3) is 0 Å². The predicted molar refractivity (Wildman–Crippen MR) is 108 cm³/mol. The van der Waals surface area contributed by atoms with E-state index in [9.17, 15) is 9.59 Å². The van der Waals surface area contributed by atoms with E-state index >= 15 is 0 Å². The van der Waals surface area contributed by atoms with Gasteiger partial charge in [-0.2, -0.15) is 5.10 Å². The van der Waals surface area contributed by atoms with Gasteiger partial charge in [0.15, 0.2) is 0 Å². The van der Waals surface area contributed by atoms with Crippen LogP contribution in [0.25, 0.3) is 0 Å². The molecule has 0 spiro atoms. The second-order valence-electron chi connectivity index (χ2n) is 6.13. The van der Waals surface area contributed by atoms with E-state index in [2.05, 4.69) is 20.7 Å². The lowest BCUT2D eigenvalue weighted by atomic mass is 10.1. The van der Waals surface area contributed by atoms with Crippen LogP contribution >= 0.6 is 24.8 Å². The van der Waals surface area contributed by atoms with E-state index in [1.165, 1.54) is 6.33 Å². The van der Waals surface area contributed by atoms with Crippen LogP contribution < -0.4 is 16.4 Å². The Hall–Kier alpha value is -2.16. The van der Waals surface area contributed by atoms with Gasteiger partial charge >= 0.3 is 0 Å². The van der Waals surface area contributed by atoms with Gasteiger partial charge in [-0.3, -0.25) is 9.59 Å². The maximum Gasteiger partial charge on any atom is 0.239 e. The molecule has 0 aliphatic heterocycles. The van der Waals surface area contributed by atoms with Crippen molar-refractivity contribution < 1.29 is 9.59 Å². The minimum Gasteiger partial charge on any atom is -0.350 e. The Morgan fingerprint density at radius 2 is 1.81 bits per heavy atom. The Kier molecular flexibility index (Phi) is 11.3. The Morgan fingerprint density at radius 3 is 2.41 bits per heavy atom. The molecule has 0 bridgehead atoms. The lowest BCUT2D eigenvalue weighted by molar-refractivity contribution is -0.127. The fourth-order valence-corrected chi connectivity index (χ4v) is 2.22. The van der Waals surface area contributed by atoms with Crippen molar-refractivity contribution >= 4 is 36.6 Å². The van der Waals surface area contributed by atoms with E-state index in [0.717, 1.165) is 11.1 Å². The van der Waals surface area contributed by atoms with Crippen LogP contribution in [0, 0.1) is 5.92 Å². The number of nitrogens with two attached hydrogens (primary N) is 1. The second kappa shape index (κ2) is 12.3. The Morgan fingerprint density at radius 1 is 1.15 bits per heavy atom. The number of benzene rings is 1. The van der Waals surface area contributed by atoms with Gasteiger partial charge in [-0.1, -0.05) is 38.1 Å². The van der Waals surface area contributed by atoms with Crippen molar-refractivity contribution in [3.8, 4) is 0 Å². The molecule has 0 saturated carbocycles. The van der Waals surface area contributed by atoms with Crippen LogP contribution in [0.15, 0.2) is 36.9 Å². The van der Waals surface area contributed by atoms with E-state index in [1.807, 2.05) is 38.1 Å². The summed E-state index contributed by atoms with van der Waals surface area (Å²) in [7, 11) is 0. The van der Waals surface area contributed by atoms with Crippen LogP contribution in [0.2, 0.25) is 0 Å². The topological polar surface area (TPSA) is 115 Å². The third kappa shape index (κ3) is 7.94. The lowest BCUT2D eigenvalue weighted by Crippen LogP contribution is -2.47. The van der Waals surface area contributed by atoms with E-state index in [4.69, 9.17) is 5.73 Å². The summed E-state index contributed by atoms with van der Waals surface area (Å²) in [5, 5.41) is 9.44. The van der Waals surface area contributed by atoms with Crippen molar-refractivity contribution in [3.05, 3.63) is 48.0 Å². The van der Waals surface area contributed by atoms with Crippen molar-refractivity contribution in [1.29, 1.82) is 0 Å². The highest BCUT2D eigenvalue weighted by atomic mass is 35.5. The van der Waals surface area contributed by atoms with Crippen LogP contribution in [-0.4, -0.2) is 39.2 Å². The van der Waals surface area contributed by atoms with Crippen LogP contribution in [0.5, 0.6) is 0 Å². The number of amides is 2. The molecule has 27 heavy (non-hydrogen) atoms.